The number of amides is 1. The summed E-state index contributed by atoms with van der Waals surface area (Å²) in [6, 6.07) is 15.6. The average molecular weight is 277 g/mol. The third kappa shape index (κ3) is 2.69. The third-order valence-electron chi connectivity index (χ3n) is 3.34. The van der Waals surface area contributed by atoms with Gasteiger partial charge in [0.2, 0.25) is 0 Å². The standard InChI is InChI=1S/C17H15N3O/c1-18-16-11-19-9-8-15(16)17(21)20-14-7-6-12-4-2-3-5-13(12)10-14/h2-11,18H,1H3,(H,20,21). The van der Waals surface area contributed by atoms with Gasteiger partial charge in [-0.25, -0.2) is 0 Å². The molecule has 1 heterocycles. The van der Waals surface area contributed by atoms with Crippen LogP contribution in [0, 0.1) is 0 Å². The van der Waals surface area contributed by atoms with E-state index in [9.17, 15) is 4.79 Å². The summed E-state index contributed by atoms with van der Waals surface area (Å²) in [5, 5.41) is 8.13. The van der Waals surface area contributed by atoms with Gasteiger partial charge in [-0.2, -0.15) is 0 Å². The van der Waals surface area contributed by atoms with Crippen molar-refractivity contribution in [3.63, 3.8) is 0 Å². The smallest absolute Gasteiger partial charge is 0.257 e. The number of hydrogen-bond donors (Lipinski definition) is 2. The number of fused-ring (bicyclic) bond motifs is 1. The molecule has 0 radical (unpaired) electrons. The Morgan fingerprint density at radius 2 is 1.86 bits per heavy atom. The number of nitrogens with one attached hydrogen (secondary N) is 2. The van der Waals surface area contributed by atoms with Crippen LogP contribution in [-0.2, 0) is 0 Å². The van der Waals surface area contributed by atoms with E-state index in [0.29, 0.717) is 11.3 Å². The Morgan fingerprint density at radius 3 is 2.67 bits per heavy atom. The van der Waals surface area contributed by atoms with Crippen LogP contribution in [0.2, 0.25) is 0 Å². The van der Waals surface area contributed by atoms with Crippen LogP contribution in [0.1, 0.15) is 10.4 Å². The van der Waals surface area contributed by atoms with Crippen LogP contribution < -0.4 is 10.6 Å². The molecule has 0 saturated carbocycles. The summed E-state index contributed by atoms with van der Waals surface area (Å²) in [6.07, 6.45) is 3.24. The van der Waals surface area contributed by atoms with Crippen molar-refractivity contribution in [2.45, 2.75) is 0 Å². The Labute approximate surface area is 122 Å². The fraction of sp³-hybridized carbons (Fsp3) is 0.0588. The molecule has 0 aliphatic rings. The summed E-state index contributed by atoms with van der Waals surface area (Å²) in [7, 11) is 1.77. The Hall–Kier alpha value is -2.88. The minimum Gasteiger partial charge on any atom is -0.386 e. The molecule has 3 aromatic rings. The first-order chi connectivity index (χ1) is 10.3. The average Bonchev–Trinajstić information content (AvgIpc) is 2.54. The van der Waals surface area contributed by atoms with E-state index < -0.39 is 0 Å². The number of rotatable bonds is 3. The number of aromatic nitrogens is 1. The van der Waals surface area contributed by atoms with Gasteiger partial charge >= 0.3 is 0 Å². The molecular formula is C17H15N3O. The highest BCUT2D eigenvalue weighted by atomic mass is 16.1. The van der Waals surface area contributed by atoms with Crippen LogP contribution in [0.5, 0.6) is 0 Å². The van der Waals surface area contributed by atoms with Crippen LogP contribution in [0.15, 0.2) is 60.9 Å². The van der Waals surface area contributed by atoms with Crippen molar-refractivity contribution in [1.82, 2.24) is 4.98 Å². The maximum absolute atomic E-state index is 12.4. The van der Waals surface area contributed by atoms with Gasteiger partial charge in [0.1, 0.15) is 0 Å². The second-order valence-corrected chi connectivity index (χ2v) is 4.69. The van der Waals surface area contributed by atoms with Crippen LogP contribution in [0.25, 0.3) is 10.8 Å². The molecule has 0 unspecified atom stereocenters. The van der Waals surface area contributed by atoms with Gasteiger partial charge in [-0.3, -0.25) is 9.78 Å². The lowest BCUT2D eigenvalue weighted by Gasteiger charge is -2.10. The maximum Gasteiger partial charge on any atom is 0.257 e. The highest BCUT2D eigenvalue weighted by molar-refractivity contribution is 6.08. The maximum atomic E-state index is 12.4. The number of carbonyl (C=O) groups is 1. The monoisotopic (exact) mass is 277 g/mol. The Balaban J connectivity index is 1.89. The van der Waals surface area contributed by atoms with Crippen molar-refractivity contribution in [2.24, 2.45) is 0 Å². The van der Waals surface area contributed by atoms with E-state index in [0.717, 1.165) is 16.5 Å². The highest BCUT2D eigenvalue weighted by Crippen LogP contribution is 2.20. The molecule has 2 aromatic carbocycles. The van der Waals surface area contributed by atoms with E-state index >= 15 is 0 Å². The molecule has 4 heteroatoms. The predicted octanol–water partition coefficient (Wildman–Crippen LogP) is 3.53. The lowest BCUT2D eigenvalue weighted by atomic mass is 10.1. The highest BCUT2D eigenvalue weighted by Gasteiger charge is 2.10. The van der Waals surface area contributed by atoms with E-state index in [1.54, 1.807) is 25.5 Å². The second-order valence-electron chi connectivity index (χ2n) is 4.69. The first kappa shape index (κ1) is 13.1. The molecule has 3 rings (SSSR count). The molecular weight excluding hydrogens is 262 g/mol. The summed E-state index contributed by atoms with van der Waals surface area (Å²) in [5.41, 5.74) is 2.05. The summed E-state index contributed by atoms with van der Waals surface area (Å²) in [5.74, 6) is -0.156. The number of anilines is 2. The van der Waals surface area contributed by atoms with E-state index in [4.69, 9.17) is 0 Å². The van der Waals surface area contributed by atoms with E-state index in [-0.39, 0.29) is 5.91 Å². The molecule has 1 aromatic heterocycles. The Bertz CT molecular complexity index is 799. The molecule has 0 fully saturated rings. The van der Waals surface area contributed by atoms with Crippen molar-refractivity contribution >= 4 is 28.1 Å². The molecule has 0 spiro atoms. The van der Waals surface area contributed by atoms with Gasteiger partial charge in [0.15, 0.2) is 0 Å². The summed E-state index contributed by atoms with van der Waals surface area (Å²) < 4.78 is 0. The number of carbonyl (C=O) groups excluding carboxylic acids is 1. The molecule has 1 amide bonds. The normalized spacial score (nSPS) is 10.3. The third-order valence-corrected chi connectivity index (χ3v) is 3.34. The van der Waals surface area contributed by atoms with Crippen molar-refractivity contribution in [3.8, 4) is 0 Å². The van der Waals surface area contributed by atoms with Gasteiger partial charge in [-0.05, 0) is 29.0 Å². The van der Waals surface area contributed by atoms with Crippen molar-refractivity contribution in [2.75, 3.05) is 17.7 Å². The molecule has 21 heavy (non-hydrogen) atoms. The predicted molar refractivity (Wildman–Crippen MR) is 85.7 cm³/mol. The SMILES string of the molecule is CNc1cnccc1C(=O)Nc1ccc2ccccc2c1. The fourth-order valence-corrected chi connectivity index (χ4v) is 2.26. The van der Waals surface area contributed by atoms with Crippen molar-refractivity contribution < 1.29 is 4.79 Å². The van der Waals surface area contributed by atoms with Gasteiger partial charge in [0, 0.05) is 18.9 Å². The molecule has 0 saturated heterocycles. The zero-order chi connectivity index (χ0) is 14.7. The van der Waals surface area contributed by atoms with Gasteiger partial charge < -0.3 is 10.6 Å². The quantitative estimate of drug-likeness (QED) is 0.770. The number of hydrogen-bond acceptors (Lipinski definition) is 3. The molecule has 0 aliphatic heterocycles. The fourth-order valence-electron chi connectivity index (χ4n) is 2.26. The van der Waals surface area contributed by atoms with Gasteiger partial charge in [0.05, 0.1) is 17.4 Å². The summed E-state index contributed by atoms with van der Waals surface area (Å²) in [4.78, 5) is 16.4. The van der Waals surface area contributed by atoms with E-state index in [1.807, 2.05) is 42.5 Å². The number of pyridine rings is 1. The topological polar surface area (TPSA) is 54.0 Å². The van der Waals surface area contributed by atoms with Crippen LogP contribution in [-0.4, -0.2) is 17.9 Å². The van der Waals surface area contributed by atoms with Gasteiger partial charge in [-0.1, -0.05) is 30.3 Å². The van der Waals surface area contributed by atoms with Crippen molar-refractivity contribution in [3.05, 3.63) is 66.5 Å². The van der Waals surface area contributed by atoms with Gasteiger partial charge in [0.25, 0.3) is 5.91 Å². The lowest BCUT2D eigenvalue weighted by Crippen LogP contribution is -2.14. The van der Waals surface area contributed by atoms with E-state index in [2.05, 4.69) is 15.6 Å². The minimum absolute atomic E-state index is 0.156. The first-order valence-corrected chi connectivity index (χ1v) is 6.70. The summed E-state index contributed by atoms with van der Waals surface area (Å²) >= 11 is 0. The van der Waals surface area contributed by atoms with Crippen LogP contribution in [0.4, 0.5) is 11.4 Å². The zero-order valence-electron chi connectivity index (χ0n) is 11.6. The van der Waals surface area contributed by atoms with Crippen LogP contribution >= 0.6 is 0 Å². The Morgan fingerprint density at radius 1 is 1.05 bits per heavy atom. The summed E-state index contributed by atoms with van der Waals surface area (Å²) in [6.45, 7) is 0. The molecule has 4 nitrogen and oxygen atoms in total. The van der Waals surface area contributed by atoms with Crippen LogP contribution in [0.3, 0.4) is 0 Å². The molecule has 104 valence electrons. The lowest BCUT2D eigenvalue weighted by molar-refractivity contribution is 0.102. The second kappa shape index (κ2) is 5.63. The van der Waals surface area contributed by atoms with E-state index in [1.165, 1.54) is 0 Å². The minimum atomic E-state index is -0.156. The molecule has 0 atom stereocenters. The van der Waals surface area contributed by atoms with Gasteiger partial charge in [-0.15, -0.1) is 0 Å². The number of nitrogens with zero attached hydrogens (tertiary/aromatic N) is 1. The molecule has 0 bridgehead atoms. The largest absolute Gasteiger partial charge is 0.386 e. The molecule has 0 aliphatic carbocycles. The number of benzene rings is 2. The zero-order valence-corrected chi connectivity index (χ0v) is 11.6. The first-order valence-electron chi connectivity index (χ1n) is 6.70. The molecule has 2 N–H and O–H groups in total. The van der Waals surface area contributed by atoms with Crippen molar-refractivity contribution in [1.29, 1.82) is 0 Å². The Kier molecular flexibility index (Phi) is 3.51.